The molecule has 1 N–H and O–H groups in total. The Morgan fingerprint density at radius 2 is 2.33 bits per heavy atom. The van der Waals surface area contributed by atoms with Crippen molar-refractivity contribution in [1.29, 1.82) is 0 Å². The van der Waals surface area contributed by atoms with Crippen molar-refractivity contribution in [3.05, 3.63) is 41.0 Å². The van der Waals surface area contributed by atoms with Gasteiger partial charge in [-0.2, -0.15) is 0 Å². The third-order valence-corrected chi connectivity index (χ3v) is 2.40. The summed E-state index contributed by atoms with van der Waals surface area (Å²) >= 11 is 0. The lowest BCUT2D eigenvalue weighted by Gasteiger charge is -2.14. The molecule has 0 aromatic heterocycles. The van der Waals surface area contributed by atoms with E-state index in [0.29, 0.717) is 18.0 Å². The highest BCUT2D eigenvalue weighted by Gasteiger charge is 2.21. The molecule has 5 nitrogen and oxygen atoms in total. The fraction of sp³-hybridized carbons (Fsp3) is 0.385. The molecule has 0 aliphatic carbocycles. The van der Waals surface area contributed by atoms with Crippen LogP contribution < -0.4 is 10.1 Å². The molecule has 1 unspecified atom stereocenters. The van der Waals surface area contributed by atoms with Crippen molar-refractivity contribution >= 4 is 11.4 Å². The summed E-state index contributed by atoms with van der Waals surface area (Å²) in [4.78, 5) is 10.7. The number of ether oxygens (including phenoxy) is 1. The Bertz CT molecular complexity index is 432. The number of para-hydroxylation sites is 1. The second-order valence-corrected chi connectivity index (χ2v) is 3.91. The lowest BCUT2D eigenvalue weighted by molar-refractivity contribution is -0.385. The molecule has 5 heteroatoms. The second kappa shape index (κ2) is 6.64. The van der Waals surface area contributed by atoms with Crippen LogP contribution in [0, 0.1) is 10.1 Å². The molecule has 0 spiro atoms. The molecule has 1 atom stereocenters. The summed E-state index contributed by atoms with van der Waals surface area (Å²) in [7, 11) is 0. The zero-order valence-corrected chi connectivity index (χ0v) is 10.7. The van der Waals surface area contributed by atoms with Gasteiger partial charge in [-0.25, -0.2) is 0 Å². The van der Waals surface area contributed by atoms with E-state index in [2.05, 4.69) is 11.9 Å². The van der Waals surface area contributed by atoms with Crippen LogP contribution in [0.3, 0.4) is 0 Å². The van der Waals surface area contributed by atoms with Crippen molar-refractivity contribution in [2.45, 2.75) is 26.3 Å². The van der Waals surface area contributed by atoms with Gasteiger partial charge in [0.05, 0.1) is 11.5 Å². The molecule has 0 amide bonds. The van der Waals surface area contributed by atoms with Gasteiger partial charge in [0.1, 0.15) is 5.69 Å². The molecule has 98 valence electrons. The highest BCUT2D eigenvalue weighted by Crippen LogP contribution is 2.35. The molecule has 0 radical (unpaired) electrons. The summed E-state index contributed by atoms with van der Waals surface area (Å²) in [5.74, 6) is 0.290. The van der Waals surface area contributed by atoms with Crippen molar-refractivity contribution in [2.24, 2.45) is 0 Å². The smallest absolute Gasteiger partial charge is 0.333 e. The van der Waals surface area contributed by atoms with E-state index in [1.807, 2.05) is 6.92 Å². The number of hydrogen-bond donors (Lipinski definition) is 1. The standard InChI is InChI=1S/C13H18N2O3/c1-4-7-10(3)14-11-8-6-9-12(18-5-2)13(11)15(16)17/h4,6,8-10,14H,1,5,7H2,2-3H3. The Morgan fingerprint density at radius 3 is 2.89 bits per heavy atom. The first kappa shape index (κ1) is 14.0. The highest BCUT2D eigenvalue weighted by atomic mass is 16.6. The third-order valence-electron chi connectivity index (χ3n) is 2.40. The summed E-state index contributed by atoms with van der Waals surface area (Å²) in [5.41, 5.74) is 0.454. The van der Waals surface area contributed by atoms with E-state index in [4.69, 9.17) is 4.74 Å². The average molecular weight is 250 g/mol. The Kier molecular flexibility index (Phi) is 5.17. The zero-order valence-electron chi connectivity index (χ0n) is 10.7. The van der Waals surface area contributed by atoms with Crippen LogP contribution in [0.25, 0.3) is 0 Å². The number of anilines is 1. The number of benzene rings is 1. The van der Waals surface area contributed by atoms with Gasteiger partial charge >= 0.3 is 5.69 Å². The summed E-state index contributed by atoms with van der Waals surface area (Å²) in [6, 6.07) is 5.10. The summed E-state index contributed by atoms with van der Waals surface area (Å²) < 4.78 is 5.28. The molecule has 0 fully saturated rings. The molecule has 0 aliphatic rings. The molecule has 18 heavy (non-hydrogen) atoms. The molecule has 0 heterocycles. The van der Waals surface area contributed by atoms with Crippen LogP contribution in [0.5, 0.6) is 5.75 Å². The minimum absolute atomic E-state index is 0.0183. The molecule has 0 bridgehead atoms. The Morgan fingerprint density at radius 1 is 1.61 bits per heavy atom. The number of hydrogen-bond acceptors (Lipinski definition) is 4. The molecular weight excluding hydrogens is 232 g/mol. The number of rotatable bonds is 7. The molecule has 1 aromatic rings. The minimum Gasteiger partial charge on any atom is -0.487 e. The molecule has 0 saturated carbocycles. The topological polar surface area (TPSA) is 64.4 Å². The van der Waals surface area contributed by atoms with Crippen molar-refractivity contribution in [3.8, 4) is 5.75 Å². The number of nitrogens with one attached hydrogen (secondary N) is 1. The first-order chi connectivity index (χ1) is 8.60. The van der Waals surface area contributed by atoms with Gasteiger partial charge in [0.2, 0.25) is 0 Å². The third kappa shape index (κ3) is 3.48. The van der Waals surface area contributed by atoms with E-state index >= 15 is 0 Å². The van der Waals surface area contributed by atoms with E-state index < -0.39 is 4.92 Å². The van der Waals surface area contributed by atoms with Crippen molar-refractivity contribution < 1.29 is 9.66 Å². The SMILES string of the molecule is C=CCC(C)Nc1cccc(OCC)c1[N+](=O)[O-]. The van der Waals surface area contributed by atoms with Crippen molar-refractivity contribution in [3.63, 3.8) is 0 Å². The molecule has 0 aliphatic heterocycles. The fourth-order valence-corrected chi connectivity index (χ4v) is 1.67. The molecule has 0 saturated heterocycles. The highest BCUT2D eigenvalue weighted by molar-refractivity contribution is 5.68. The van der Waals surface area contributed by atoms with E-state index in [1.165, 1.54) is 0 Å². The number of nitro benzene ring substituents is 1. The van der Waals surface area contributed by atoms with Crippen LogP contribution in [0.2, 0.25) is 0 Å². The number of nitrogens with zero attached hydrogens (tertiary/aromatic N) is 1. The monoisotopic (exact) mass is 250 g/mol. The van der Waals surface area contributed by atoms with Crippen LogP contribution in [0.4, 0.5) is 11.4 Å². The Labute approximate surface area is 107 Å². The molecule has 1 rings (SSSR count). The van der Waals surface area contributed by atoms with Crippen LogP contribution in [0.15, 0.2) is 30.9 Å². The van der Waals surface area contributed by atoms with E-state index in [-0.39, 0.29) is 11.7 Å². The van der Waals surface area contributed by atoms with Gasteiger partial charge < -0.3 is 10.1 Å². The maximum absolute atomic E-state index is 11.1. The van der Waals surface area contributed by atoms with Crippen LogP contribution in [0.1, 0.15) is 20.3 Å². The first-order valence-corrected chi connectivity index (χ1v) is 5.87. The van der Waals surface area contributed by atoms with Crippen molar-refractivity contribution in [1.82, 2.24) is 0 Å². The average Bonchev–Trinajstić information content (AvgIpc) is 2.29. The Balaban J connectivity index is 3.06. The first-order valence-electron chi connectivity index (χ1n) is 5.87. The maximum atomic E-state index is 11.1. The zero-order chi connectivity index (χ0) is 13.5. The normalized spacial score (nSPS) is 11.7. The fourth-order valence-electron chi connectivity index (χ4n) is 1.67. The van der Waals surface area contributed by atoms with Gasteiger partial charge in [0.15, 0.2) is 5.75 Å². The largest absolute Gasteiger partial charge is 0.487 e. The summed E-state index contributed by atoms with van der Waals surface area (Å²) in [6.45, 7) is 7.78. The van der Waals surface area contributed by atoms with Gasteiger partial charge in [0.25, 0.3) is 0 Å². The minimum atomic E-state index is -0.423. The lowest BCUT2D eigenvalue weighted by Crippen LogP contribution is -2.15. The van der Waals surface area contributed by atoms with Gasteiger partial charge in [-0.3, -0.25) is 10.1 Å². The van der Waals surface area contributed by atoms with E-state index in [1.54, 1.807) is 31.2 Å². The predicted molar refractivity (Wildman–Crippen MR) is 72.2 cm³/mol. The molecule has 1 aromatic carbocycles. The summed E-state index contributed by atoms with van der Waals surface area (Å²) in [5, 5.41) is 14.2. The lowest BCUT2D eigenvalue weighted by atomic mass is 10.2. The van der Waals surface area contributed by atoms with Gasteiger partial charge in [0, 0.05) is 6.04 Å². The quantitative estimate of drug-likeness (QED) is 0.458. The Hall–Kier alpha value is -2.04. The predicted octanol–water partition coefficient (Wildman–Crippen LogP) is 3.37. The van der Waals surface area contributed by atoms with E-state index in [9.17, 15) is 10.1 Å². The van der Waals surface area contributed by atoms with Crippen LogP contribution >= 0.6 is 0 Å². The summed E-state index contributed by atoms with van der Waals surface area (Å²) in [6.07, 6.45) is 2.51. The van der Waals surface area contributed by atoms with Gasteiger partial charge in [-0.15, -0.1) is 6.58 Å². The van der Waals surface area contributed by atoms with Gasteiger partial charge in [-0.05, 0) is 32.4 Å². The second-order valence-electron chi connectivity index (χ2n) is 3.91. The van der Waals surface area contributed by atoms with Crippen molar-refractivity contribution in [2.75, 3.05) is 11.9 Å². The van der Waals surface area contributed by atoms with Gasteiger partial charge in [-0.1, -0.05) is 12.1 Å². The maximum Gasteiger partial charge on any atom is 0.333 e. The van der Waals surface area contributed by atoms with Crippen LogP contribution in [-0.4, -0.2) is 17.6 Å². The van der Waals surface area contributed by atoms with E-state index in [0.717, 1.165) is 6.42 Å². The number of nitro groups is 1. The van der Waals surface area contributed by atoms with Crippen LogP contribution in [-0.2, 0) is 0 Å². The molecular formula is C13H18N2O3.